The Morgan fingerprint density at radius 1 is 1.18 bits per heavy atom. The number of amides is 2. The highest BCUT2D eigenvalue weighted by atomic mass is 32.2. The topological polar surface area (TPSA) is 71.5 Å². The molecule has 1 N–H and O–H groups in total. The van der Waals surface area contributed by atoms with Crippen molar-refractivity contribution in [2.24, 2.45) is 0 Å². The minimum absolute atomic E-state index is 0.127. The normalized spacial score (nSPS) is 14.7. The van der Waals surface area contributed by atoms with Crippen LogP contribution in [0.3, 0.4) is 0 Å². The van der Waals surface area contributed by atoms with Crippen LogP contribution in [0.4, 0.5) is 5.13 Å². The van der Waals surface area contributed by atoms with Gasteiger partial charge in [-0.25, -0.2) is 4.98 Å². The van der Waals surface area contributed by atoms with Crippen LogP contribution in [0, 0.1) is 0 Å². The fourth-order valence-electron chi connectivity index (χ4n) is 3.14. The molecule has 2 amide bonds. The predicted octanol–water partition coefficient (Wildman–Crippen LogP) is 5.34. The molecule has 0 atom stereocenters. The summed E-state index contributed by atoms with van der Waals surface area (Å²) in [4.78, 5) is 31.0. The third-order valence-electron chi connectivity index (χ3n) is 4.74. The van der Waals surface area contributed by atoms with Crippen molar-refractivity contribution in [2.45, 2.75) is 19.4 Å². The van der Waals surface area contributed by atoms with E-state index in [1.165, 1.54) is 23.1 Å². The van der Waals surface area contributed by atoms with Gasteiger partial charge in [-0.2, -0.15) is 0 Å². The summed E-state index contributed by atoms with van der Waals surface area (Å²) in [6.07, 6.45) is 4.26. The van der Waals surface area contributed by atoms with Crippen LogP contribution in [0.5, 0.6) is 5.75 Å². The van der Waals surface area contributed by atoms with Crippen LogP contribution >= 0.6 is 35.3 Å². The van der Waals surface area contributed by atoms with E-state index >= 15 is 0 Å². The fraction of sp³-hybridized carbons (Fsp3) is 0.167. The lowest BCUT2D eigenvalue weighted by Crippen LogP contribution is -2.29. The minimum Gasteiger partial charge on any atom is -0.489 e. The SMILES string of the molecule is O=C(CCCN1C(=O)/C(=C/c2cccc(OCc3ccccc3)c2)SC1=S)Nc1nccs1. The van der Waals surface area contributed by atoms with Gasteiger partial charge >= 0.3 is 0 Å². The number of thiazole rings is 1. The second-order valence-corrected chi connectivity index (χ2v) is 9.74. The van der Waals surface area contributed by atoms with Gasteiger partial charge < -0.3 is 10.1 Å². The number of nitrogens with one attached hydrogen (secondary N) is 1. The number of thioether (sulfide) groups is 1. The van der Waals surface area contributed by atoms with Crippen LogP contribution in [0.15, 0.2) is 71.1 Å². The van der Waals surface area contributed by atoms with E-state index in [-0.39, 0.29) is 18.2 Å². The molecule has 9 heteroatoms. The van der Waals surface area contributed by atoms with Crippen molar-refractivity contribution in [3.8, 4) is 5.75 Å². The molecule has 0 unspecified atom stereocenters. The first-order valence-electron chi connectivity index (χ1n) is 10.3. The highest BCUT2D eigenvalue weighted by Gasteiger charge is 2.31. The number of anilines is 1. The Morgan fingerprint density at radius 2 is 2.03 bits per heavy atom. The molecule has 0 radical (unpaired) electrons. The lowest BCUT2D eigenvalue weighted by molar-refractivity contribution is -0.122. The van der Waals surface area contributed by atoms with E-state index < -0.39 is 0 Å². The first-order chi connectivity index (χ1) is 16.1. The molecular formula is C24H21N3O3S3. The van der Waals surface area contributed by atoms with Crippen LogP contribution < -0.4 is 10.1 Å². The summed E-state index contributed by atoms with van der Waals surface area (Å²) in [7, 11) is 0. The third kappa shape index (κ3) is 6.50. The number of aromatic nitrogens is 1. The summed E-state index contributed by atoms with van der Waals surface area (Å²) in [5.41, 5.74) is 1.95. The molecule has 0 spiro atoms. The van der Waals surface area contributed by atoms with E-state index in [9.17, 15) is 9.59 Å². The molecule has 0 aliphatic carbocycles. The number of hydrogen-bond acceptors (Lipinski definition) is 7. The van der Waals surface area contributed by atoms with Crippen molar-refractivity contribution in [3.05, 3.63) is 82.2 Å². The average Bonchev–Trinajstić information content (AvgIpc) is 3.42. The number of benzene rings is 2. The van der Waals surface area contributed by atoms with Crippen molar-refractivity contribution >= 4 is 62.7 Å². The van der Waals surface area contributed by atoms with Crippen LogP contribution in [-0.2, 0) is 16.2 Å². The van der Waals surface area contributed by atoms with Gasteiger partial charge in [0.1, 0.15) is 16.7 Å². The molecule has 0 saturated carbocycles. The van der Waals surface area contributed by atoms with E-state index in [0.29, 0.717) is 33.9 Å². The van der Waals surface area contributed by atoms with Gasteiger partial charge in [-0.05, 0) is 35.8 Å². The van der Waals surface area contributed by atoms with Crippen LogP contribution in [-0.4, -0.2) is 32.6 Å². The summed E-state index contributed by atoms with van der Waals surface area (Å²) < 4.78 is 6.38. The van der Waals surface area contributed by atoms with Crippen LogP contribution in [0.1, 0.15) is 24.0 Å². The standard InChI is InChI=1S/C24H21N3O3S3/c28-21(26-23-25-11-13-32-23)10-5-12-27-22(29)20(33-24(27)31)15-18-8-4-9-19(14-18)30-16-17-6-2-1-3-7-17/h1-4,6-9,11,13-15H,5,10,12,16H2,(H,25,26,28)/b20-15-. The van der Waals surface area contributed by atoms with Crippen molar-refractivity contribution in [2.75, 3.05) is 11.9 Å². The van der Waals surface area contributed by atoms with Gasteiger partial charge in [0.2, 0.25) is 5.91 Å². The highest BCUT2D eigenvalue weighted by Crippen LogP contribution is 2.33. The third-order valence-corrected chi connectivity index (χ3v) is 6.81. The number of carbonyl (C=O) groups excluding carboxylic acids is 2. The maximum absolute atomic E-state index is 12.9. The second kappa shape index (κ2) is 11.2. The molecule has 4 rings (SSSR count). The van der Waals surface area contributed by atoms with Gasteiger partial charge in [-0.3, -0.25) is 14.5 Å². The Kier molecular flexibility index (Phi) is 7.87. The number of nitrogens with zero attached hydrogens (tertiary/aromatic N) is 2. The summed E-state index contributed by atoms with van der Waals surface area (Å²) in [5.74, 6) is 0.466. The quantitative estimate of drug-likeness (QED) is 0.319. The van der Waals surface area contributed by atoms with Crippen molar-refractivity contribution < 1.29 is 14.3 Å². The summed E-state index contributed by atoms with van der Waals surface area (Å²) in [5, 5.41) is 5.11. The molecule has 168 valence electrons. The summed E-state index contributed by atoms with van der Waals surface area (Å²) in [6.45, 7) is 0.871. The van der Waals surface area contributed by atoms with Crippen molar-refractivity contribution in [3.63, 3.8) is 0 Å². The van der Waals surface area contributed by atoms with Gasteiger partial charge in [0.05, 0.1) is 4.91 Å². The summed E-state index contributed by atoms with van der Waals surface area (Å²) in [6, 6.07) is 17.6. The number of ether oxygens (including phenoxy) is 1. The Labute approximate surface area is 205 Å². The number of carbonyl (C=O) groups is 2. The Morgan fingerprint density at radius 3 is 2.82 bits per heavy atom. The van der Waals surface area contributed by atoms with Gasteiger partial charge in [0.25, 0.3) is 5.91 Å². The van der Waals surface area contributed by atoms with E-state index in [2.05, 4.69) is 10.3 Å². The smallest absolute Gasteiger partial charge is 0.266 e. The number of thiocarbonyl (C=S) groups is 1. The largest absolute Gasteiger partial charge is 0.489 e. The zero-order chi connectivity index (χ0) is 23.0. The molecule has 1 fully saturated rings. The van der Waals surface area contributed by atoms with Crippen molar-refractivity contribution in [1.29, 1.82) is 0 Å². The summed E-state index contributed by atoms with van der Waals surface area (Å²) >= 11 is 8.04. The van der Waals surface area contributed by atoms with E-state index in [1.54, 1.807) is 16.5 Å². The number of rotatable bonds is 9. The monoisotopic (exact) mass is 495 g/mol. The molecule has 1 saturated heterocycles. The first-order valence-corrected chi connectivity index (χ1v) is 12.4. The average molecular weight is 496 g/mol. The van der Waals surface area contributed by atoms with E-state index in [4.69, 9.17) is 17.0 Å². The lowest BCUT2D eigenvalue weighted by atomic mass is 10.2. The van der Waals surface area contributed by atoms with Gasteiger partial charge in [0.15, 0.2) is 5.13 Å². The molecule has 1 aliphatic heterocycles. The van der Waals surface area contributed by atoms with Gasteiger partial charge in [0, 0.05) is 24.5 Å². The zero-order valence-corrected chi connectivity index (χ0v) is 20.1. The van der Waals surface area contributed by atoms with Crippen LogP contribution in [0.25, 0.3) is 6.08 Å². The van der Waals surface area contributed by atoms with Gasteiger partial charge in [-0.15, -0.1) is 11.3 Å². The number of hydrogen-bond donors (Lipinski definition) is 1. The highest BCUT2D eigenvalue weighted by molar-refractivity contribution is 8.26. The lowest BCUT2D eigenvalue weighted by Gasteiger charge is -2.13. The fourth-order valence-corrected chi connectivity index (χ4v) is 5.00. The molecule has 1 aliphatic rings. The van der Waals surface area contributed by atoms with E-state index in [1.807, 2.05) is 60.7 Å². The van der Waals surface area contributed by atoms with E-state index in [0.717, 1.165) is 16.9 Å². The Bertz CT molecular complexity index is 1160. The zero-order valence-electron chi connectivity index (χ0n) is 17.6. The molecule has 33 heavy (non-hydrogen) atoms. The predicted molar refractivity (Wildman–Crippen MR) is 137 cm³/mol. The molecule has 3 aromatic rings. The first kappa shape index (κ1) is 23.2. The second-order valence-electron chi connectivity index (χ2n) is 7.17. The maximum Gasteiger partial charge on any atom is 0.266 e. The molecule has 0 bridgehead atoms. The minimum atomic E-state index is -0.138. The van der Waals surface area contributed by atoms with Crippen LogP contribution in [0.2, 0.25) is 0 Å². The maximum atomic E-state index is 12.9. The van der Waals surface area contributed by atoms with Crippen molar-refractivity contribution in [1.82, 2.24) is 9.88 Å². The Hall–Kier alpha value is -3.01. The molecule has 6 nitrogen and oxygen atoms in total. The molecular weight excluding hydrogens is 474 g/mol. The molecule has 1 aromatic heterocycles. The van der Waals surface area contributed by atoms with Gasteiger partial charge in [-0.1, -0.05) is 66.4 Å². The molecule has 2 aromatic carbocycles. The molecule has 2 heterocycles. The Balaban J connectivity index is 1.32.